The molecule has 10 heteroatoms. The van der Waals surface area contributed by atoms with E-state index in [1.54, 1.807) is 0 Å². The Morgan fingerprint density at radius 3 is 2.56 bits per heavy atom. The Morgan fingerprint density at radius 1 is 1.39 bits per heavy atom. The summed E-state index contributed by atoms with van der Waals surface area (Å²) in [5.41, 5.74) is 6.23. The molecule has 0 aliphatic heterocycles. The predicted octanol–water partition coefficient (Wildman–Crippen LogP) is 0.320. The molecule has 1 aromatic rings. The standard InChI is InChI=1S/C8H8N6O4/c9-8(10)12-11-4-5-1-2-6(13(15)16)3-7(5)14(17)18/h1-4H,(H4,9,10,12)/b11-4+. The topological polar surface area (TPSA) is 161 Å². The van der Waals surface area contributed by atoms with Gasteiger partial charge in [-0.05, 0) is 6.07 Å². The Morgan fingerprint density at radius 2 is 2.06 bits per heavy atom. The number of benzene rings is 1. The van der Waals surface area contributed by atoms with Gasteiger partial charge >= 0.3 is 0 Å². The van der Waals surface area contributed by atoms with Crippen molar-refractivity contribution in [2.75, 3.05) is 0 Å². The van der Waals surface area contributed by atoms with Crippen LogP contribution in [0.3, 0.4) is 0 Å². The Labute approximate surface area is 99.9 Å². The van der Waals surface area contributed by atoms with Crippen LogP contribution < -0.4 is 11.2 Å². The molecule has 94 valence electrons. The molecule has 0 spiro atoms. The third-order valence-electron chi connectivity index (χ3n) is 1.81. The smallest absolute Gasteiger partial charge is 0.285 e. The van der Waals surface area contributed by atoms with Crippen molar-refractivity contribution in [1.29, 1.82) is 5.41 Å². The second-order valence-corrected chi connectivity index (χ2v) is 3.04. The summed E-state index contributed by atoms with van der Waals surface area (Å²) in [6.45, 7) is 0. The molecule has 0 amide bonds. The van der Waals surface area contributed by atoms with Crippen molar-refractivity contribution < 1.29 is 9.85 Å². The molecule has 0 atom stereocenters. The van der Waals surface area contributed by atoms with Crippen molar-refractivity contribution in [3.05, 3.63) is 44.0 Å². The number of rotatable bonds is 4. The SMILES string of the molecule is N=C(N)N/N=C/c1ccc([N+](=O)[O-])cc1[N+](=O)[O-]. The predicted molar refractivity (Wildman–Crippen MR) is 62.4 cm³/mol. The Balaban J connectivity index is 3.12. The van der Waals surface area contributed by atoms with Crippen LogP contribution in [0.15, 0.2) is 23.3 Å². The second-order valence-electron chi connectivity index (χ2n) is 3.04. The van der Waals surface area contributed by atoms with Gasteiger partial charge in [-0.15, -0.1) is 0 Å². The summed E-state index contributed by atoms with van der Waals surface area (Å²) in [6, 6.07) is 3.12. The molecular formula is C8H8N6O4. The summed E-state index contributed by atoms with van der Waals surface area (Å²) < 4.78 is 0. The van der Waals surface area contributed by atoms with E-state index in [0.29, 0.717) is 0 Å². The number of guanidine groups is 1. The summed E-state index contributed by atoms with van der Waals surface area (Å²) in [7, 11) is 0. The average Bonchev–Trinajstić information content (AvgIpc) is 2.28. The van der Waals surface area contributed by atoms with Gasteiger partial charge in [0.25, 0.3) is 11.4 Å². The lowest BCUT2D eigenvalue weighted by atomic mass is 10.2. The van der Waals surface area contributed by atoms with Crippen LogP contribution >= 0.6 is 0 Å². The first-order chi connectivity index (χ1) is 8.41. The van der Waals surface area contributed by atoms with Gasteiger partial charge in [-0.3, -0.25) is 25.6 Å². The van der Waals surface area contributed by atoms with Crippen molar-refractivity contribution in [2.45, 2.75) is 0 Å². The molecule has 0 heterocycles. The molecule has 0 bridgehead atoms. The van der Waals surface area contributed by atoms with Crippen molar-refractivity contribution in [3.8, 4) is 0 Å². The highest BCUT2D eigenvalue weighted by atomic mass is 16.6. The lowest BCUT2D eigenvalue weighted by Gasteiger charge is -1.98. The van der Waals surface area contributed by atoms with E-state index >= 15 is 0 Å². The number of nitrogens with zero attached hydrogens (tertiary/aromatic N) is 3. The zero-order valence-corrected chi connectivity index (χ0v) is 8.86. The highest BCUT2D eigenvalue weighted by molar-refractivity contribution is 5.87. The second kappa shape index (κ2) is 5.34. The number of hydrogen-bond acceptors (Lipinski definition) is 6. The number of nitrogens with two attached hydrogens (primary N) is 1. The summed E-state index contributed by atoms with van der Waals surface area (Å²) in [6.07, 6.45) is 1.04. The van der Waals surface area contributed by atoms with E-state index in [2.05, 4.69) is 10.5 Å². The molecule has 0 radical (unpaired) electrons. The van der Waals surface area contributed by atoms with Gasteiger partial charge < -0.3 is 5.73 Å². The number of nitrogens with one attached hydrogen (secondary N) is 2. The number of non-ortho nitro benzene ring substituents is 1. The van der Waals surface area contributed by atoms with Gasteiger partial charge in [0, 0.05) is 6.07 Å². The Kier molecular flexibility index (Phi) is 3.86. The zero-order chi connectivity index (χ0) is 13.7. The van der Waals surface area contributed by atoms with E-state index in [9.17, 15) is 20.2 Å². The van der Waals surface area contributed by atoms with E-state index in [4.69, 9.17) is 11.1 Å². The molecule has 1 rings (SSSR count). The van der Waals surface area contributed by atoms with Crippen molar-refractivity contribution in [3.63, 3.8) is 0 Å². The largest absolute Gasteiger partial charge is 0.369 e. The normalized spacial score (nSPS) is 10.2. The fraction of sp³-hybridized carbons (Fsp3) is 0. The minimum absolute atomic E-state index is 0.0550. The highest BCUT2D eigenvalue weighted by Crippen LogP contribution is 2.23. The van der Waals surface area contributed by atoms with Crippen molar-refractivity contribution in [1.82, 2.24) is 5.43 Å². The molecular weight excluding hydrogens is 244 g/mol. The monoisotopic (exact) mass is 252 g/mol. The maximum absolute atomic E-state index is 10.7. The lowest BCUT2D eigenvalue weighted by Crippen LogP contribution is -2.25. The first kappa shape index (κ1) is 13.0. The lowest BCUT2D eigenvalue weighted by molar-refractivity contribution is -0.394. The van der Waals surface area contributed by atoms with Crippen LogP contribution in [0.1, 0.15) is 5.56 Å². The highest BCUT2D eigenvalue weighted by Gasteiger charge is 2.18. The third-order valence-corrected chi connectivity index (χ3v) is 1.81. The van der Waals surface area contributed by atoms with E-state index < -0.39 is 27.2 Å². The van der Waals surface area contributed by atoms with Crippen LogP contribution in [-0.4, -0.2) is 22.0 Å². The van der Waals surface area contributed by atoms with Crippen molar-refractivity contribution in [2.24, 2.45) is 10.8 Å². The van der Waals surface area contributed by atoms with Crippen molar-refractivity contribution >= 4 is 23.5 Å². The Hall–Kier alpha value is -3.04. The van der Waals surface area contributed by atoms with E-state index in [-0.39, 0.29) is 5.56 Å². The summed E-state index contributed by atoms with van der Waals surface area (Å²) >= 11 is 0. The van der Waals surface area contributed by atoms with Gasteiger partial charge in [-0.25, -0.2) is 5.43 Å². The molecule has 0 fully saturated rings. The van der Waals surface area contributed by atoms with Gasteiger partial charge in [0.2, 0.25) is 5.96 Å². The average molecular weight is 252 g/mol. The molecule has 18 heavy (non-hydrogen) atoms. The first-order valence-electron chi connectivity index (χ1n) is 4.47. The van der Waals surface area contributed by atoms with Gasteiger partial charge in [-0.1, -0.05) is 0 Å². The first-order valence-corrected chi connectivity index (χ1v) is 4.47. The molecule has 1 aromatic carbocycles. The third kappa shape index (κ3) is 3.23. The molecule has 0 saturated carbocycles. The van der Waals surface area contributed by atoms with Gasteiger partial charge in [0.1, 0.15) is 0 Å². The summed E-state index contributed by atoms with van der Waals surface area (Å²) in [4.78, 5) is 19.7. The van der Waals surface area contributed by atoms with E-state index in [0.717, 1.165) is 18.3 Å². The number of nitro benzene ring substituents is 2. The zero-order valence-electron chi connectivity index (χ0n) is 8.86. The molecule has 0 aromatic heterocycles. The van der Waals surface area contributed by atoms with Crippen LogP contribution in [0.25, 0.3) is 0 Å². The van der Waals surface area contributed by atoms with Crippen LogP contribution in [0.5, 0.6) is 0 Å². The number of hydrazone groups is 1. The van der Waals surface area contributed by atoms with Crippen LogP contribution in [0.2, 0.25) is 0 Å². The summed E-state index contributed by atoms with van der Waals surface area (Å²) in [5, 5.41) is 31.5. The van der Waals surface area contributed by atoms with Crippen LogP contribution in [0.4, 0.5) is 11.4 Å². The number of nitro groups is 2. The molecule has 0 saturated heterocycles. The fourth-order valence-electron chi connectivity index (χ4n) is 1.08. The molecule has 4 N–H and O–H groups in total. The minimum Gasteiger partial charge on any atom is -0.369 e. The Bertz CT molecular complexity index is 540. The van der Waals surface area contributed by atoms with Crippen LogP contribution in [0, 0.1) is 25.6 Å². The van der Waals surface area contributed by atoms with Crippen LogP contribution in [-0.2, 0) is 0 Å². The van der Waals surface area contributed by atoms with E-state index in [1.165, 1.54) is 6.07 Å². The summed E-state index contributed by atoms with van der Waals surface area (Å²) in [5.74, 6) is -0.434. The quantitative estimate of drug-likeness (QED) is 0.302. The fourth-order valence-corrected chi connectivity index (χ4v) is 1.08. The maximum atomic E-state index is 10.7. The van der Waals surface area contributed by atoms with Gasteiger partial charge in [0.15, 0.2) is 0 Å². The molecule has 10 nitrogen and oxygen atoms in total. The minimum atomic E-state index is -0.762. The van der Waals surface area contributed by atoms with Gasteiger partial charge in [0.05, 0.1) is 27.7 Å². The van der Waals surface area contributed by atoms with E-state index in [1.807, 2.05) is 0 Å². The molecule has 0 unspecified atom stereocenters. The maximum Gasteiger partial charge on any atom is 0.285 e. The molecule has 0 aliphatic carbocycles. The number of hydrogen-bond donors (Lipinski definition) is 3. The van der Waals surface area contributed by atoms with Gasteiger partial charge in [-0.2, -0.15) is 5.10 Å². The molecule has 0 aliphatic rings.